The fraction of sp³-hybridized carbons (Fsp3) is 0. The quantitative estimate of drug-likeness (QED) is 0.150. The standard InChI is InChI=1S/2N2.4H3N.H2O4.O2.6H2O/c2*1-2;;;;;1-3-4-2;1-2;;;;;;/h;;4*1H3;1-2H;;6*1H2. The Morgan fingerprint density at radius 2 is 0.550 bits per heavy atom. The van der Waals surface area contributed by atoms with Crippen molar-refractivity contribution in [2.75, 3.05) is 0 Å². The Morgan fingerprint density at radius 3 is 0.550 bits per heavy atom. The van der Waals surface area contributed by atoms with Gasteiger partial charge in [0, 0.05) is 31.5 Å². The number of hydrogen-bond donors (Lipinski definition) is 6. The molecule has 138 valence electrons. The molecule has 0 saturated carbocycles. The van der Waals surface area contributed by atoms with Crippen molar-refractivity contribution in [1.29, 1.82) is 21.6 Å². The van der Waals surface area contributed by atoms with Crippen LogP contribution in [0.25, 0.3) is 0 Å². The van der Waals surface area contributed by atoms with Crippen LogP contribution in [0.3, 0.4) is 0 Å². The summed E-state index contributed by atoms with van der Waals surface area (Å²) in [4.78, 5) is 14.0. The average Bonchev–Trinajstić information content (AvgIpc) is 2.14. The maximum absolute atomic E-state index is 7.00. The molecule has 0 fully saturated rings. The Bertz CT molecular complexity index is 59.0. The van der Waals surface area contributed by atoms with E-state index in [0.29, 0.717) is 0 Å². The van der Waals surface area contributed by atoms with Crippen LogP contribution in [-0.2, 0) is 10.1 Å². The first-order valence-electron chi connectivity index (χ1n) is 1.10. The summed E-state index contributed by atoms with van der Waals surface area (Å²) in [5.41, 5.74) is 0. The first-order chi connectivity index (χ1) is 4.91. The highest BCUT2D eigenvalue weighted by Crippen LogP contribution is 1.49. The van der Waals surface area contributed by atoms with Crippen molar-refractivity contribution >= 4 is 0 Å². The van der Waals surface area contributed by atoms with Crippen molar-refractivity contribution in [2.24, 2.45) is 0 Å². The summed E-state index contributed by atoms with van der Waals surface area (Å²) < 4.78 is 0. The van der Waals surface area contributed by atoms with Gasteiger partial charge in [-0.25, -0.2) is 10.5 Å². The molecule has 0 aliphatic heterocycles. The lowest BCUT2D eigenvalue weighted by atomic mass is 13.4. The summed E-state index contributed by atoms with van der Waals surface area (Å²) in [6.07, 6.45) is 0. The van der Waals surface area contributed by atoms with Gasteiger partial charge in [-0.05, 0) is 10.1 Å². The van der Waals surface area contributed by atoms with Crippen LogP contribution in [0.4, 0.5) is 0 Å². The van der Waals surface area contributed by atoms with E-state index in [1.807, 2.05) is 0 Å². The predicted octanol–water partition coefficient (Wildman–Crippen LogP) is -4.29. The highest BCUT2D eigenvalue weighted by atomic mass is 17.6. The van der Waals surface area contributed by atoms with E-state index in [2.05, 4.69) is 10.1 Å². The molecule has 20 nitrogen and oxygen atoms in total. The molecule has 0 aliphatic rings. The minimum atomic E-state index is 0. The maximum atomic E-state index is 7.00. The largest absolute Gasteiger partial charge is 0.412 e. The van der Waals surface area contributed by atoms with Crippen molar-refractivity contribution < 1.29 is 53.4 Å². The summed E-state index contributed by atoms with van der Waals surface area (Å²) in [6.45, 7) is 0. The second-order valence-electron chi connectivity index (χ2n) is 0.149. The summed E-state index contributed by atoms with van der Waals surface area (Å²) in [6, 6.07) is 0. The maximum Gasteiger partial charge on any atom is 0 e. The van der Waals surface area contributed by atoms with Crippen molar-refractivity contribution in [1.82, 2.24) is 24.6 Å². The monoisotopic (exact) mass is 330 g/mol. The van der Waals surface area contributed by atoms with Gasteiger partial charge in [0.25, 0.3) is 0 Å². The molecule has 0 saturated heterocycles. The van der Waals surface area contributed by atoms with E-state index in [1.165, 1.54) is 0 Å². The number of rotatable bonds is 1. The second-order valence-corrected chi connectivity index (χ2v) is 0.149. The summed E-state index contributed by atoms with van der Waals surface area (Å²) in [7, 11) is 0. The summed E-state index contributed by atoms with van der Waals surface area (Å²) in [5.74, 6) is 0. The second kappa shape index (κ2) is 296000. The van der Waals surface area contributed by atoms with Crippen LogP contribution in [0.15, 0.2) is 0 Å². The fourth-order valence-corrected chi connectivity index (χ4v) is 0. The van der Waals surface area contributed by atoms with E-state index in [0.717, 1.165) is 0 Å². The van der Waals surface area contributed by atoms with E-state index < -0.39 is 0 Å². The van der Waals surface area contributed by atoms with Crippen LogP contribution in [0.2, 0.25) is 0 Å². The molecular formula is H26N8O12. The lowest BCUT2D eigenvalue weighted by Gasteiger charge is -1.71. The van der Waals surface area contributed by atoms with Gasteiger partial charge in [-0.15, -0.1) is 0 Å². The molecule has 20 heavy (non-hydrogen) atoms. The minimum absolute atomic E-state index is 0. The summed E-state index contributed by atoms with van der Waals surface area (Å²) >= 11 is 0. The fourth-order valence-electron chi connectivity index (χ4n) is 0. The molecule has 0 bridgehead atoms. The van der Waals surface area contributed by atoms with Gasteiger partial charge in [-0.3, -0.25) is 0 Å². The van der Waals surface area contributed by atoms with E-state index in [9.17, 15) is 0 Å². The third kappa shape index (κ3) is 2800. The first kappa shape index (κ1) is 338. The zero-order chi connectivity index (χ0) is 9.41. The lowest BCUT2D eigenvalue weighted by molar-refractivity contribution is -0.611. The van der Waals surface area contributed by atoms with Gasteiger partial charge >= 0.3 is 0 Å². The smallest absolute Gasteiger partial charge is 0 e. The van der Waals surface area contributed by atoms with Gasteiger partial charge in [0.05, 0.1) is 0 Å². The number of nitrogens with zero attached hydrogens (tertiary/aromatic N) is 4. The lowest BCUT2D eigenvalue weighted by Crippen LogP contribution is -1.75. The Hall–Kier alpha value is -2.12. The van der Waals surface area contributed by atoms with Gasteiger partial charge in [0.1, 0.15) is 0 Å². The van der Waals surface area contributed by atoms with Crippen LogP contribution in [0, 0.1) is 31.5 Å². The molecular weight excluding hydrogens is 304 g/mol. The molecule has 0 aromatic carbocycles. The average molecular weight is 330 g/mol. The first-order valence-corrected chi connectivity index (χ1v) is 1.10. The van der Waals surface area contributed by atoms with Crippen LogP contribution >= 0.6 is 0 Å². The third-order valence-electron chi connectivity index (χ3n) is 0.0333. The SMILES string of the molecule is N.N.N.N.N#N.N#N.O.O.O.O.O.O.O=O.OOOO. The molecule has 0 radical (unpaired) electrons. The van der Waals surface area contributed by atoms with Crippen LogP contribution in [0.5, 0.6) is 0 Å². The zero-order valence-electron chi connectivity index (χ0n) is 10.1. The molecule has 0 amide bonds. The van der Waals surface area contributed by atoms with Gasteiger partial charge in [-0.2, -0.15) is 0 Å². The normalized spacial score (nSPS) is 1.90. The molecule has 20 heteroatoms. The van der Waals surface area contributed by atoms with Gasteiger partial charge in [0.15, 0.2) is 0 Å². The van der Waals surface area contributed by atoms with Crippen LogP contribution in [-0.4, -0.2) is 43.4 Å². The van der Waals surface area contributed by atoms with Crippen LogP contribution in [0.1, 0.15) is 0 Å². The van der Waals surface area contributed by atoms with Gasteiger partial charge in [-0.1, -0.05) is 0 Å². The third-order valence-corrected chi connectivity index (χ3v) is 0.0333. The molecule has 0 rings (SSSR count). The topological polar surface area (TPSA) is 517 Å². The van der Waals surface area contributed by atoms with Crippen LogP contribution < -0.4 is 24.6 Å². The molecule has 0 aromatic heterocycles. The summed E-state index contributed by atoms with van der Waals surface area (Å²) in [5, 5.41) is 43.0. The molecule has 0 spiro atoms. The Balaban J connectivity index is -0.00000000177. The van der Waals surface area contributed by atoms with Crippen molar-refractivity contribution in [3.63, 3.8) is 0 Å². The predicted molar refractivity (Wildman–Crippen MR) is 62.8 cm³/mol. The molecule has 0 aromatic rings. The Morgan fingerprint density at radius 1 is 0.500 bits per heavy atom. The minimum Gasteiger partial charge on any atom is -0.412 e. The molecule has 0 aliphatic carbocycles. The van der Waals surface area contributed by atoms with Crippen molar-refractivity contribution in [2.45, 2.75) is 0 Å². The highest BCUT2D eigenvalue weighted by molar-refractivity contribution is 4.07. The van der Waals surface area contributed by atoms with Gasteiger partial charge in [0.2, 0.25) is 0 Å². The Labute approximate surface area is 111 Å². The van der Waals surface area contributed by atoms with E-state index >= 15 is 0 Å². The van der Waals surface area contributed by atoms with E-state index in [1.54, 1.807) is 0 Å². The van der Waals surface area contributed by atoms with E-state index in [4.69, 9.17) is 42.0 Å². The number of hydrogen-bond acceptors (Lipinski definition) is 14. The van der Waals surface area contributed by atoms with Gasteiger partial charge < -0.3 is 57.5 Å². The van der Waals surface area contributed by atoms with Crippen molar-refractivity contribution in [3.05, 3.63) is 9.93 Å². The van der Waals surface area contributed by atoms with Crippen molar-refractivity contribution in [3.8, 4) is 0 Å². The molecule has 26 N–H and O–H groups in total. The highest BCUT2D eigenvalue weighted by Gasteiger charge is 1.53. The molecule has 0 heterocycles. The Kier molecular flexibility index (Phi) is 5000000. The molecule has 0 atom stereocenters. The zero-order valence-corrected chi connectivity index (χ0v) is 10.1. The van der Waals surface area contributed by atoms with E-state index in [-0.39, 0.29) is 57.5 Å². The molecule has 0 unspecified atom stereocenters.